The van der Waals surface area contributed by atoms with Crippen LogP contribution >= 0.6 is 0 Å². The number of hydrogen-bond acceptors (Lipinski definition) is 18. The van der Waals surface area contributed by atoms with Gasteiger partial charge in [0.1, 0.15) is 73.2 Å². The molecule has 0 radical (unpaired) electrons. The lowest BCUT2D eigenvalue weighted by Gasteiger charge is -2.48. The Morgan fingerprint density at radius 2 is 0.704 bits per heavy atom. The Morgan fingerprint density at radius 3 is 1.08 bits per heavy atom. The van der Waals surface area contributed by atoms with Gasteiger partial charge in [-0.05, 0) is 103 Å². The molecule has 3 fully saturated rings. The average molecular weight is 1380 g/mol. The van der Waals surface area contributed by atoms with Gasteiger partial charge in [-0.2, -0.15) is 0 Å². The fourth-order valence-corrected chi connectivity index (χ4v) is 11.5. The summed E-state index contributed by atoms with van der Waals surface area (Å²) in [5, 5.41) is 121. The molecule has 3 aliphatic rings. The Bertz CT molecular complexity index is 2340. The second-order valence-electron chi connectivity index (χ2n) is 25.7. The molecule has 3 heterocycles. The summed E-state index contributed by atoms with van der Waals surface area (Å²) in [4.78, 5) is 13.4. The summed E-state index contributed by atoms with van der Waals surface area (Å²) in [7, 11) is 0. The molecule has 0 aromatic heterocycles. The van der Waals surface area contributed by atoms with Crippen LogP contribution in [0.15, 0.2) is 146 Å². The maximum absolute atomic E-state index is 13.4. The lowest BCUT2D eigenvalue weighted by Crippen LogP contribution is -2.66. The molecule has 0 aromatic carbocycles. The molecule has 0 saturated carbocycles. The zero-order valence-electron chi connectivity index (χ0n) is 59.2. The van der Waals surface area contributed by atoms with Gasteiger partial charge in [0.15, 0.2) is 18.9 Å². The van der Waals surface area contributed by atoms with Crippen LogP contribution in [0, 0.1) is 0 Å². The summed E-state index contributed by atoms with van der Waals surface area (Å²) in [6.45, 7) is 1.63. The molecule has 19 heteroatoms. The fourth-order valence-electron chi connectivity index (χ4n) is 11.5. The second kappa shape index (κ2) is 58.2. The van der Waals surface area contributed by atoms with Crippen molar-refractivity contribution in [2.75, 3.05) is 26.4 Å². The number of unbranched alkanes of at least 4 members (excludes halogenated alkanes) is 15. The van der Waals surface area contributed by atoms with E-state index in [2.05, 4.69) is 165 Å². The predicted molar refractivity (Wildman–Crippen MR) is 387 cm³/mol. The Kier molecular flexibility index (Phi) is 52.2. The van der Waals surface area contributed by atoms with Crippen LogP contribution in [0.3, 0.4) is 0 Å². The smallest absolute Gasteiger partial charge is 0.220 e. The van der Waals surface area contributed by atoms with Crippen molar-refractivity contribution in [2.24, 2.45) is 0 Å². The van der Waals surface area contributed by atoms with E-state index in [1.165, 1.54) is 64.2 Å². The van der Waals surface area contributed by atoms with Gasteiger partial charge in [-0.25, -0.2) is 0 Å². The van der Waals surface area contributed by atoms with Gasteiger partial charge in [-0.15, -0.1) is 0 Å². The molecule has 19 nitrogen and oxygen atoms in total. The first-order valence-electron chi connectivity index (χ1n) is 37.1. The second-order valence-corrected chi connectivity index (χ2v) is 25.7. The molecule has 17 unspecified atom stereocenters. The molecule has 3 saturated heterocycles. The van der Waals surface area contributed by atoms with E-state index in [4.69, 9.17) is 28.4 Å². The van der Waals surface area contributed by atoms with Gasteiger partial charge in [-0.1, -0.05) is 250 Å². The van der Waals surface area contributed by atoms with Crippen molar-refractivity contribution < 1.29 is 89.4 Å². The highest BCUT2D eigenvalue weighted by Crippen LogP contribution is 2.33. The van der Waals surface area contributed by atoms with Crippen molar-refractivity contribution in [2.45, 2.75) is 317 Å². The first kappa shape index (κ1) is 87.9. The number of aliphatic hydroxyl groups excluding tert-OH is 11. The number of aliphatic hydroxyl groups is 11. The summed E-state index contributed by atoms with van der Waals surface area (Å²) in [5.74, 6) is -0.291. The van der Waals surface area contributed by atoms with Crippen molar-refractivity contribution in [1.29, 1.82) is 0 Å². The van der Waals surface area contributed by atoms with E-state index in [9.17, 15) is 61.0 Å². The topological polar surface area (TPSA) is 307 Å². The molecule has 0 aliphatic carbocycles. The molecule has 558 valence electrons. The number of nitrogens with one attached hydrogen (secondary N) is 1. The summed E-state index contributed by atoms with van der Waals surface area (Å²) >= 11 is 0. The molecular weight excluding hydrogens is 1250 g/mol. The summed E-state index contributed by atoms with van der Waals surface area (Å²) in [5.41, 5.74) is 0. The first-order chi connectivity index (χ1) is 47.8. The molecule has 12 N–H and O–H groups in total. The number of carbonyl (C=O) groups excluding carboxylic acids is 1. The van der Waals surface area contributed by atoms with E-state index >= 15 is 0 Å². The van der Waals surface area contributed by atoms with Gasteiger partial charge in [0.05, 0.1) is 38.6 Å². The van der Waals surface area contributed by atoms with Crippen LogP contribution in [0.25, 0.3) is 0 Å². The van der Waals surface area contributed by atoms with Gasteiger partial charge in [0, 0.05) is 6.42 Å². The Labute approximate surface area is 587 Å². The van der Waals surface area contributed by atoms with Crippen LogP contribution in [-0.2, 0) is 33.2 Å². The van der Waals surface area contributed by atoms with Crippen LogP contribution in [0.2, 0.25) is 0 Å². The molecule has 0 bridgehead atoms. The van der Waals surface area contributed by atoms with Gasteiger partial charge >= 0.3 is 0 Å². The van der Waals surface area contributed by atoms with E-state index in [-0.39, 0.29) is 18.9 Å². The minimum Gasteiger partial charge on any atom is -0.394 e. The zero-order chi connectivity index (χ0) is 71.1. The Morgan fingerprint density at radius 1 is 0.378 bits per heavy atom. The monoisotopic (exact) mass is 1380 g/mol. The Balaban J connectivity index is 1.37. The maximum atomic E-state index is 13.4. The average Bonchev–Trinajstić information content (AvgIpc) is 0.785. The predicted octanol–water partition coefficient (Wildman–Crippen LogP) is 11.1. The minimum absolute atomic E-state index is 0.201. The normalized spacial score (nSPS) is 27.6. The summed E-state index contributed by atoms with van der Waals surface area (Å²) in [6, 6.07) is -0.921. The Hall–Kier alpha value is -4.33. The van der Waals surface area contributed by atoms with Crippen LogP contribution in [0.5, 0.6) is 0 Å². The number of rotatable bonds is 55. The third-order valence-electron chi connectivity index (χ3n) is 17.4. The van der Waals surface area contributed by atoms with Crippen molar-refractivity contribution in [3.05, 3.63) is 146 Å². The van der Waals surface area contributed by atoms with Gasteiger partial charge in [-0.3, -0.25) is 4.79 Å². The quantitative estimate of drug-likeness (QED) is 0.0199. The molecule has 98 heavy (non-hydrogen) atoms. The third-order valence-corrected chi connectivity index (χ3v) is 17.4. The van der Waals surface area contributed by atoms with Crippen LogP contribution in [-0.4, -0.2) is 193 Å². The number of ether oxygens (including phenoxy) is 6. The first-order valence-corrected chi connectivity index (χ1v) is 37.1. The van der Waals surface area contributed by atoms with E-state index in [0.717, 1.165) is 109 Å². The summed E-state index contributed by atoms with van der Waals surface area (Å²) in [6.07, 6.45) is 56.5. The van der Waals surface area contributed by atoms with E-state index < -0.39 is 124 Å². The molecule has 0 aromatic rings. The molecule has 3 aliphatic heterocycles. The number of amides is 1. The van der Waals surface area contributed by atoms with Crippen molar-refractivity contribution in [1.82, 2.24) is 5.32 Å². The number of hydrogen-bond donors (Lipinski definition) is 12. The van der Waals surface area contributed by atoms with Crippen LogP contribution < -0.4 is 5.32 Å². The van der Waals surface area contributed by atoms with Gasteiger partial charge < -0.3 is 89.9 Å². The lowest BCUT2D eigenvalue weighted by molar-refractivity contribution is -0.379. The molecular formula is C79H129NO18. The van der Waals surface area contributed by atoms with E-state index in [0.29, 0.717) is 19.3 Å². The SMILES string of the molecule is CC/C=C\C/C=C\C/C=C\C/C=C\C/C=C\C/C=C\C/C=C\C/C=C\C/C=C\C/C=C\C/C=C\C/C=C\CCCCC(=O)NC(COC1OC(CO)C(OC2OC(CO)C(OC3OC(CO)C(O)C(O)C3O)C(O)C2O)C(O)C1O)C(O)CCCCCCCCCCCCCCCC. The third kappa shape index (κ3) is 38.6. The van der Waals surface area contributed by atoms with Gasteiger partial charge in [0.25, 0.3) is 0 Å². The van der Waals surface area contributed by atoms with Crippen molar-refractivity contribution in [3.8, 4) is 0 Å². The zero-order valence-corrected chi connectivity index (χ0v) is 59.2. The molecule has 0 spiro atoms. The highest BCUT2D eigenvalue weighted by molar-refractivity contribution is 5.76. The van der Waals surface area contributed by atoms with Crippen LogP contribution in [0.1, 0.15) is 213 Å². The summed E-state index contributed by atoms with van der Waals surface area (Å²) < 4.78 is 34.4. The maximum Gasteiger partial charge on any atom is 0.220 e. The van der Waals surface area contributed by atoms with E-state index in [1.807, 2.05) is 0 Å². The van der Waals surface area contributed by atoms with E-state index in [1.54, 1.807) is 0 Å². The molecule has 1 amide bonds. The molecule has 3 rings (SSSR count). The number of carbonyl (C=O) groups is 1. The lowest BCUT2D eigenvalue weighted by atomic mass is 9.96. The fraction of sp³-hybridized carbons (Fsp3) is 0.684. The van der Waals surface area contributed by atoms with Crippen LogP contribution in [0.4, 0.5) is 0 Å². The minimum atomic E-state index is -1.98. The van der Waals surface area contributed by atoms with Crippen molar-refractivity contribution >= 4 is 5.91 Å². The van der Waals surface area contributed by atoms with Crippen molar-refractivity contribution in [3.63, 3.8) is 0 Å². The largest absolute Gasteiger partial charge is 0.394 e. The highest BCUT2D eigenvalue weighted by Gasteiger charge is 2.53. The standard InChI is InChI=1S/C79H129NO18/c1-3-5-7-9-11-13-15-17-19-20-21-22-23-24-25-26-27-28-29-30-31-32-33-34-35-36-37-38-39-40-41-42-43-45-47-49-51-53-55-57-67(85)80-62(63(84)56-54-52-50-48-46-44-18-16-14-12-10-8-6-4-2)61-93-77-73(91)70(88)75(65(59-82)95-77)98-79-74(92)71(89)76(66(60-83)96-79)97-78-72(90)69(87)68(86)64(58-81)94-78/h5,7,11,13,17,19,21-22,24-25,27-28,30-31,33-34,36-37,39-40,42-43,47,49,62-66,68-79,81-84,86-92H,3-4,6,8-10,12,14-16,18,20,23,26,29,32,35,38,41,44-46,48,50-61H2,1-2H3,(H,80,85)/b7-5-,13-11-,19-17-,22-21-,25-24-,28-27-,31-30-,34-33-,37-36-,40-39-,43-42-,49-47-. The van der Waals surface area contributed by atoms with Gasteiger partial charge in [0.2, 0.25) is 5.91 Å². The number of allylic oxidation sites excluding steroid dienone is 24. The highest BCUT2D eigenvalue weighted by atomic mass is 16.8. The molecule has 17 atom stereocenters.